The number of imidazole rings is 1. The Morgan fingerprint density at radius 1 is 1.21 bits per heavy atom. The van der Waals surface area contributed by atoms with Crippen molar-refractivity contribution in [1.82, 2.24) is 9.55 Å². The monoisotopic (exact) mass is 259 g/mol. The van der Waals surface area contributed by atoms with Crippen LogP contribution in [0.4, 0.5) is 5.69 Å². The molecule has 0 atom stereocenters. The number of hydrogen-bond donors (Lipinski definition) is 1. The van der Waals surface area contributed by atoms with Gasteiger partial charge in [-0.05, 0) is 45.0 Å². The number of nitrogens with one attached hydrogen (secondary N) is 1. The minimum absolute atomic E-state index is 0.0732. The molecular formula is C15H21N3O. The van der Waals surface area contributed by atoms with Crippen LogP contribution in [0.2, 0.25) is 0 Å². The van der Waals surface area contributed by atoms with Gasteiger partial charge < -0.3 is 14.6 Å². The molecule has 0 aliphatic carbocycles. The van der Waals surface area contributed by atoms with Crippen LogP contribution in [0, 0.1) is 0 Å². The number of nitrogens with zero attached hydrogens (tertiary/aromatic N) is 2. The number of benzene rings is 1. The topological polar surface area (TPSA) is 39.1 Å². The maximum atomic E-state index is 5.69. The van der Waals surface area contributed by atoms with Crippen LogP contribution in [0.15, 0.2) is 43.0 Å². The molecule has 1 aromatic heterocycles. The van der Waals surface area contributed by atoms with Crippen molar-refractivity contribution in [2.45, 2.75) is 32.9 Å². The van der Waals surface area contributed by atoms with E-state index in [1.54, 1.807) is 12.5 Å². The van der Waals surface area contributed by atoms with Crippen molar-refractivity contribution in [3.63, 3.8) is 0 Å². The number of aromatic nitrogens is 2. The van der Waals surface area contributed by atoms with Gasteiger partial charge in [0.2, 0.25) is 0 Å². The van der Waals surface area contributed by atoms with Crippen molar-refractivity contribution >= 4 is 5.69 Å². The van der Waals surface area contributed by atoms with Gasteiger partial charge in [-0.25, -0.2) is 4.98 Å². The Morgan fingerprint density at radius 3 is 2.53 bits per heavy atom. The maximum absolute atomic E-state index is 5.69. The van der Waals surface area contributed by atoms with E-state index in [1.807, 2.05) is 35.0 Å². The van der Waals surface area contributed by atoms with Gasteiger partial charge in [-0.3, -0.25) is 0 Å². The first-order chi connectivity index (χ1) is 9.03. The zero-order valence-corrected chi connectivity index (χ0v) is 11.8. The third-order valence-electron chi connectivity index (χ3n) is 2.55. The van der Waals surface area contributed by atoms with Gasteiger partial charge in [0.1, 0.15) is 12.4 Å². The molecule has 1 heterocycles. The van der Waals surface area contributed by atoms with Crippen molar-refractivity contribution in [2.75, 3.05) is 11.9 Å². The molecule has 0 aliphatic heterocycles. The van der Waals surface area contributed by atoms with E-state index in [1.165, 1.54) is 0 Å². The van der Waals surface area contributed by atoms with Gasteiger partial charge in [-0.2, -0.15) is 0 Å². The summed E-state index contributed by atoms with van der Waals surface area (Å²) in [7, 11) is 0. The molecule has 0 bridgehead atoms. The summed E-state index contributed by atoms with van der Waals surface area (Å²) >= 11 is 0. The van der Waals surface area contributed by atoms with Gasteiger partial charge in [0, 0.05) is 23.6 Å². The molecule has 0 unspecified atom stereocenters. The number of ether oxygens (including phenoxy) is 1. The lowest BCUT2D eigenvalue weighted by atomic mass is 10.1. The van der Waals surface area contributed by atoms with Crippen LogP contribution in [0.5, 0.6) is 5.75 Å². The molecule has 2 rings (SSSR count). The fraction of sp³-hybridized carbons (Fsp3) is 0.400. The van der Waals surface area contributed by atoms with E-state index in [0.29, 0.717) is 6.61 Å². The molecule has 19 heavy (non-hydrogen) atoms. The Balaban J connectivity index is 1.81. The van der Waals surface area contributed by atoms with Crippen LogP contribution >= 0.6 is 0 Å². The molecule has 0 saturated heterocycles. The Morgan fingerprint density at radius 2 is 1.95 bits per heavy atom. The van der Waals surface area contributed by atoms with E-state index < -0.39 is 0 Å². The summed E-state index contributed by atoms with van der Waals surface area (Å²) in [5.74, 6) is 0.888. The maximum Gasteiger partial charge on any atom is 0.119 e. The second kappa shape index (κ2) is 5.78. The lowest BCUT2D eigenvalue weighted by Crippen LogP contribution is -2.25. The lowest BCUT2D eigenvalue weighted by Gasteiger charge is -2.22. The van der Waals surface area contributed by atoms with Gasteiger partial charge in [0.15, 0.2) is 0 Å². The fourth-order valence-electron chi connectivity index (χ4n) is 1.76. The summed E-state index contributed by atoms with van der Waals surface area (Å²) < 4.78 is 7.68. The van der Waals surface area contributed by atoms with Crippen LogP contribution < -0.4 is 10.1 Å². The number of hydrogen-bond acceptors (Lipinski definition) is 3. The Bertz CT molecular complexity index is 483. The molecule has 0 radical (unpaired) electrons. The zero-order chi connectivity index (χ0) is 13.7. The first-order valence-electron chi connectivity index (χ1n) is 6.50. The van der Waals surface area contributed by atoms with Gasteiger partial charge in [-0.1, -0.05) is 0 Å². The highest BCUT2D eigenvalue weighted by atomic mass is 16.5. The first-order valence-corrected chi connectivity index (χ1v) is 6.50. The standard InChI is InChI=1S/C15H21N3O/c1-15(2,3)17-13-4-6-14(7-5-13)19-11-10-18-9-8-16-12-18/h4-9,12,17H,10-11H2,1-3H3. The summed E-state index contributed by atoms with van der Waals surface area (Å²) in [4.78, 5) is 3.99. The molecule has 1 N–H and O–H groups in total. The van der Waals surface area contributed by atoms with Crippen molar-refractivity contribution < 1.29 is 4.74 Å². The van der Waals surface area contributed by atoms with Crippen LogP contribution in [0.25, 0.3) is 0 Å². The van der Waals surface area contributed by atoms with Crippen molar-refractivity contribution in [1.29, 1.82) is 0 Å². The zero-order valence-electron chi connectivity index (χ0n) is 11.8. The number of rotatable bonds is 5. The number of anilines is 1. The summed E-state index contributed by atoms with van der Waals surface area (Å²) in [6, 6.07) is 8.06. The van der Waals surface area contributed by atoms with E-state index in [0.717, 1.165) is 18.0 Å². The Kier molecular flexibility index (Phi) is 4.10. The van der Waals surface area contributed by atoms with Gasteiger partial charge in [0.25, 0.3) is 0 Å². The van der Waals surface area contributed by atoms with Gasteiger partial charge in [0.05, 0.1) is 12.9 Å². The Hall–Kier alpha value is -1.97. The first kappa shape index (κ1) is 13.5. The highest BCUT2D eigenvalue weighted by molar-refractivity contribution is 5.47. The van der Waals surface area contributed by atoms with Gasteiger partial charge in [-0.15, -0.1) is 0 Å². The highest BCUT2D eigenvalue weighted by Gasteiger charge is 2.08. The minimum atomic E-state index is 0.0732. The molecular weight excluding hydrogens is 238 g/mol. The molecule has 0 amide bonds. The molecule has 0 saturated carbocycles. The third kappa shape index (κ3) is 4.66. The fourth-order valence-corrected chi connectivity index (χ4v) is 1.76. The summed E-state index contributed by atoms with van der Waals surface area (Å²) in [5.41, 5.74) is 1.18. The van der Waals surface area contributed by atoms with E-state index in [-0.39, 0.29) is 5.54 Å². The quantitative estimate of drug-likeness (QED) is 0.896. The van der Waals surface area contributed by atoms with Crippen LogP contribution in [-0.2, 0) is 6.54 Å². The molecule has 4 heteroatoms. The Labute approximate surface area is 114 Å². The van der Waals surface area contributed by atoms with Crippen molar-refractivity contribution in [3.05, 3.63) is 43.0 Å². The van der Waals surface area contributed by atoms with Crippen LogP contribution in [-0.4, -0.2) is 21.7 Å². The third-order valence-corrected chi connectivity index (χ3v) is 2.55. The average molecular weight is 259 g/mol. The summed E-state index contributed by atoms with van der Waals surface area (Å²) in [6.07, 6.45) is 5.49. The molecule has 0 aliphatic rings. The second-order valence-electron chi connectivity index (χ2n) is 5.55. The van der Waals surface area contributed by atoms with Gasteiger partial charge >= 0.3 is 0 Å². The predicted molar refractivity (Wildman–Crippen MR) is 77.5 cm³/mol. The molecule has 102 valence electrons. The molecule has 0 spiro atoms. The van der Waals surface area contributed by atoms with Crippen LogP contribution in [0.3, 0.4) is 0 Å². The average Bonchev–Trinajstić information content (AvgIpc) is 2.82. The smallest absolute Gasteiger partial charge is 0.119 e. The summed E-state index contributed by atoms with van der Waals surface area (Å²) in [5, 5.41) is 3.42. The normalized spacial score (nSPS) is 11.3. The highest BCUT2D eigenvalue weighted by Crippen LogP contribution is 2.19. The van der Waals surface area contributed by atoms with E-state index in [4.69, 9.17) is 4.74 Å². The van der Waals surface area contributed by atoms with E-state index in [9.17, 15) is 0 Å². The van der Waals surface area contributed by atoms with Crippen molar-refractivity contribution in [3.8, 4) is 5.75 Å². The SMILES string of the molecule is CC(C)(C)Nc1ccc(OCCn2ccnc2)cc1. The molecule has 2 aromatic rings. The molecule has 0 fully saturated rings. The van der Waals surface area contributed by atoms with Crippen molar-refractivity contribution in [2.24, 2.45) is 0 Å². The van der Waals surface area contributed by atoms with Crippen LogP contribution in [0.1, 0.15) is 20.8 Å². The second-order valence-corrected chi connectivity index (χ2v) is 5.55. The largest absolute Gasteiger partial charge is 0.492 e. The van der Waals surface area contributed by atoms with E-state index in [2.05, 4.69) is 31.1 Å². The van der Waals surface area contributed by atoms with E-state index >= 15 is 0 Å². The molecule has 1 aromatic carbocycles. The predicted octanol–water partition coefficient (Wildman–Crippen LogP) is 3.17. The molecule has 4 nitrogen and oxygen atoms in total. The minimum Gasteiger partial charge on any atom is -0.492 e. The summed E-state index contributed by atoms with van der Waals surface area (Å²) in [6.45, 7) is 7.87. The lowest BCUT2D eigenvalue weighted by molar-refractivity contribution is 0.298.